The van der Waals surface area contributed by atoms with Gasteiger partial charge in [-0.1, -0.05) is 0 Å². The first-order valence-corrected chi connectivity index (χ1v) is 6.17. The van der Waals surface area contributed by atoms with E-state index < -0.39 is 22.4 Å². The third-order valence-corrected chi connectivity index (χ3v) is 2.91. The Kier molecular flexibility index (Phi) is 5.01. The van der Waals surface area contributed by atoms with Crippen molar-refractivity contribution >= 4 is 17.3 Å². The summed E-state index contributed by atoms with van der Waals surface area (Å²) in [5.41, 5.74) is -0.726. The third kappa shape index (κ3) is 3.23. The van der Waals surface area contributed by atoms with Crippen LogP contribution in [0.4, 0.5) is 15.8 Å². The van der Waals surface area contributed by atoms with E-state index in [9.17, 15) is 19.3 Å². The summed E-state index contributed by atoms with van der Waals surface area (Å²) in [5.74, 6) is -1.58. The van der Waals surface area contributed by atoms with Gasteiger partial charge in [0.25, 0.3) is 5.69 Å². The summed E-state index contributed by atoms with van der Waals surface area (Å²) < 4.78 is 18.7. The molecule has 110 valence electrons. The molecule has 0 spiro atoms. The second-order valence-corrected chi connectivity index (χ2v) is 4.50. The number of carbonyl (C=O) groups is 1. The van der Waals surface area contributed by atoms with Crippen molar-refractivity contribution in [2.45, 2.75) is 26.8 Å². The Morgan fingerprint density at radius 3 is 2.55 bits per heavy atom. The molecule has 0 saturated heterocycles. The Bertz CT molecular complexity index is 531. The van der Waals surface area contributed by atoms with Crippen LogP contribution in [-0.2, 0) is 4.74 Å². The summed E-state index contributed by atoms with van der Waals surface area (Å²) in [5, 5.41) is 10.9. The fourth-order valence-corrected chi connectivity index (χ4v) is 1.62. The van der Waals surface area contributed by atoms with Gasteiger partial charge in [0.05, 0.1) is 23.3 Å². The van der Waals surface area contributed by atoms with E-state index in [1.807, 2.05) is 13.8 Å². The topological polar surface area (TPSA) is 72.7 Å². The molecule has 0 aliphatic heterocycles. The maximum Gasteiger partial charge on any atom is 0.345 e. The molecular formula is C13H17FN2O4. The monoisotopic (exact) mass is 284 g/mol. The van der Waals surface area contributed by atoms with Gasteiger partial charge in [-0.2, -0.15) is 0 Å². The number of carbonyl (C=O) groups excluding carboxylic acids is 1. The maximum absolute atomic E-state index is 14.0. The van der Waals surface area contributed by atoms with Crippen LogP contribution in [-0.4, -0.2) is 30.6 Å². The van der Waals surface area contributed by atoms with Gasteiger partial charge in [0.1, 0.15) is 5.56 Å². The number of hydrogen-bond donors (Lipinski definition) is 0. The Morgan fingerprint density at radius 2 is 2.10 bits per heavy atom. The molecule has 1 rings (SSSR count). The van der Waals surface area contributed by atoms with E-state index in [0.717, 1.165) is 12.1 Å². The van der Waals surface area contributed by atoms with Gasteiger partial charge in [0, 0.05) is 13.1 Å². The minimum absolute atomic E-state index is 0.0269. The van der Waals surface area contributed by atoms with Crippen molar-refractivity contribution in [3.05, 3.63) is 33.6 Å². The average molecular weight is 284 g/mol. The van der Waals surface area contributed by atoms with Crippen molar-refractivity contribution in [1.29, 1.82) is 0 Å². The van der Waals surface area contributed by atoms with Crippen LogP contribution in [0.15, 0.2) is 12.1 Å². The van der Waals surface area contributed by atoms with Crippen LogP contribution in [0.2, 0.25) is 0 Å². The maximum atomic E-state index is 14.0. The number of nitro groups is 1. The first-order chi connectivity index (χ1) is 9.29. The van der Waals surface area contributed by atoms with Gasteiger partial charge in [0.15, 0.2) is 5.82 Å². The largest absolute Gasteiger partial charge is 0.462 e. The van der Waals surface area contributed by atoms with Gasteiger partial charge in [-0.25, -0.2) is 9.18 Å². The predicted molar refractivity (Wildman–Crippen MR) is 72.5 cm³/mol. The molecule has 0 atom stereocenters. The third-order valence-electron chi connectivity index (χ3n) is 2.91. The summed E-state index contributed by atoms with van der Waals surface area (Å²) in [4.78, 5) is 23.5. The second kappa shape index (κ2) is 6.31. The molecule has 7 heteroatoms. The van der Waals surface area contributed by atoms with Crippen LogP contribution in [0.1, 0.15) is 31.1 Å². The molecule has 0 N–H and O–H groups in total. The van der Waals surface area contributed by atoms with E-state index in [-0.39, 0.29) is 23.9 Å². The molecule has 0 amide bonds. The Morgan fingerprint density at radius 1 is 1.50 bits per heavy atom. The Hall–Kier alpha value is -2.18. The highest BCUT2D eigenvalue weighted by Gasteiger charge is 2.26. The van der Waals surface area contributed by atoms with E-state index >= 15 is 0 Å². The number of nitro benzene ring substituents is 1. The van der Waals surface area contributed by atoms with Crippen LogP contribution in [0.3, 0.4) is 0 Å². The quantitative estimate of drug-likeness (QED) is 0.472. The summed E-state index contributed by atoms with van der Waals surface area (Å²) >= 11 is 0. The molecule has 0 heterocycles. The Labute approximate surface area is 116 Å². The molecule has 0 radical (unpaired) electrons. The van der Waals surface area contributed by atoms with Gasteiger partial charge in [-0.05, 0) is 26.8 Å². The van der Waals surface area contributed by atoms with E-state index in [1.165, 1.54) is 0 Å². The molecule has 0 aromatic heterocycles. The Balaban J connectivity index is 3.42. The zero-order valence-corrected chi connectivity index (χ0v) is 11.8. The van der Waals surface area contributed by atoms with Gasteiger partial charge in [0.2, 0.25) is 0 Å². The zero-order chi connectivity index (χ0) is 15.4. The van der Waals surface area contributed by atoms with E-state index in [4.69, 9.17) is 4.74 Å². The molecule has 0 bridgehead atoms. The van der Waals surface area contributed by atoms with Crippen molar-refractivity contribution < 1.29 is 18.8 Å². The molecule has 6 nitrogen and oxygen atoms in total. The van der Waals surface area contributed by atoms with E-state index in [0.29, 0.717) is 0 Å². The number of benzene rings is 1. The SMILES string of the molecule is CCOC(=O)c1cc(N(C)C(C)C)c(F)cc1[N+](=O)[O-]. The number of rotatable bonds is 5. The van der Waals surface area contributed by atoms with Gasteiger partial charge < -0.3 is 9.64 Å². The fourth-order valence-electron chi connectivity index (χ4n) is 1.62. The van der Waals surface area contributed by atoms with Crippen LogP contribution >= 0.6 is 0 Å². The minimum atomic E-state index is -0.836. The number of esters is 1. The van der Waals surface area contributed by atoms with Crippen molar-refractivity contribution in [3.63, 3.8) is 0 Å². The minimum Gasteiger partial charge on any atom is -0.462 e. The van der Waals surface area contributed by atoms with Crippen molar-refractivity contribution in [1.82, 2.24) is 0 Å². The standard InChI is InChI=1S/C13H17FN2O4/c1-5-20-13(17)9-6-12(15(4)8(2)3)10(14)7-11(9)16(18)19/h6-8H,5H2,1-4H3. The lowest BCUT2D eigenvalue weighted by Crippen LogP contribution is -2.27. The second-order valence-electron chi connectivity index (χ2n) is 4.50. The van der Waals surface area contributed by atoms with Crippen LogP contribution < -0.4 is 4.90 Å². The van der Waals surface area contributed by atoms with Gasteiger partial charge in [-0.15, -0.1) is 0 Å². The van der Waals surface area contributed by atoms with E-state index in [1.54, 1.807) is 18.9 Å². The predicted octanol–water partition coefficient (Wildman–Crippen LogP) is 2.76. The highest BCUT2D eigenvalue weighted by Crippen LogP contribution is 2.29. The lowest BCUT2D eigenvalue weighted by atomic mass is 10.1. The molecule has 1 aromatic rings. The van der Waals surface area contributed by atoms with Crippen molar-refractivity contribution in [2.75, 3.05) is 18.6 Å². The number of hydrogen-bond acceptors (Lipinski definition) is 5. The molecule has 0 aliphatic rings. The van der Waals surface area contributed by atoms with Crippen LogP contribution in [0, 0.1) is 15.9 Å². The molecular weight excluding hydrogens is 267 g/mol. The lowest BCUT2D eigenvalue weighted by Gasteiger charge is -2.24. The molecule has 0 saturated carbocycles. The molecule has 20 heavy (non-hydrogen) atoms. The lowest BCUT2D eigenvalue weighted by molar-refractivity contribution is -0.385. The molecule has 0 unspecified atom stereocenters. The van der Waals surface area contributed by atoms with Gasteiger partial charge >= 0.3 is 5.97 Å². The van der Waals surface area contributed by atoms with Crippen LogP contribution in [0.5, 0.6) is 0 Å². The normalized spacial score (nSPS) is 10.5. The number of nitrogens with zero attached hydrogens (tertiary/aromatic N) is 2. The average Bonchev–Trinajstić information content (AvgIpc) is 2.37. The molecule has 0 aliphatic carbocycles. The molecule has 0 fully saturated rings. The summed E-state index contributed by atoms with van der Waals surface area (Å²) in [6.45, 7) is 5.35. The van der Waals surface area contributed by atoms with Crippen molar-refractivity contribution in [2.24, 2.45) is 0 Å². The summed E-state index contributed by atoms with van der Waals surface area (Å²) in [6.07, 6.45) is 0. The highest BCUT2D eigenvalue weighted by atomic mass is 19.1. The zero-order valence-electron chi connectivity index (χ0n) is 11.8. The van der Waals surface area contributed by atoms with Crippen molar-refractivity contribution in [3.8, 4) is 0 Å². The first-order valence-electron chi connectivity index (χ1n) is 6.17. The number of anilines is 1. The number of ether oxygens (including phenoxy) is 1. The van der Waals surface area contributed by atoms with Crippen LogP contribution in [0.25, 0.3) is 0 Å². The van der Waals surface area contributed by atoms with E-state index in [2.05, 4.69) is 0 Å². The fraction of sp³-hybridized carbons (Fsp3) is 0.462. The highest BCUT2D eigenvalue weighted by molar-refractivity contribution is 5.95. The summed E-state index contributed by atoms with van der Waals surface area (Å²) in [6, 6.07) is 1.88. The smallest absolute Gasteiger partial charge is 0.345 e. The molecule has 1 aromatic carbocycles. The van der Waals surface area contributed by atoms with Gasteiger partial charge in [-0.3, -0.25) is 10.1 Å². The first kappa shape index (κ1) is 15.9. The number of halogens is 1. The summed E-state index contributed by atoms with van der Waals surface area (Å²) in [7, 11) is 1.64.